The topological polar surface area (TPSA) is 59.8 Å². The van der Waals surface area contributed by atoms with Crippen molar-refractivity contribution in [2.45, 2.75) is 11.6 Å². The molecule has 2 heterocycles. The molecule has 18 heavy (non-hydrogen) atoms. The maximum atomic E-state index is 11.6. The first kappa shape index (κ1) is 13.1. The molecule has 7 heteroatoms. The highest BCUT2D eigenvalue weighted by atomic mass is 32.2. The zero-order valence-corrected chi connectivity index (χ0v) is 11.6. The van der Waals surface area contributed by atoms with Crippen molar-refractivity contribution in [3.63, 3.8) is 0 Å². The maximum Gasteiger partial charge on any atom is 0.230 e. The lowest BCUT2D eigenvalue weighted by Crippen LogP contribution is -2.27. The fourth-order valence-corrected chi connectivity index (χ4v) is 2.79. The van der Waals surface area contributed by atoms with Crippen LogP contribution in [0.4, 0.5) is 0 Å². The number of carbonyl (C=O) groups is 1. The third-order valence-corrected chi connectivity index (χ3v) is 4.25. The molecule has 0 atom stereocenters. The summed E-state index contributed by atoms with van der Waals surface area (Å²) in [7, 11) is 1.86. The highest BCUT2D eigenvalue weighted by Gasteiger charge is 2.06. The Hall–Kier alpha value is -1.34. The number of hydrogen-bond acceptors (Lipinski definition) is 5. The van der Waals surface area contributed by atoms with Crippen LogP contribution in [0.2, 0.25) is 0 Å². The lowest BCUT2D eigenvalue weighted by Gasteiger charge is -2.03. The van der Waals surface area contributed by atoms with Crippen molar-refractivity contribution < 1.29 is 4.79 Å². The van der Waals surface area contributed by atoms with Gasteiger partial charge < -0.3 is 9.88 Å². The number of nitrogens with zero attached hydrogens (tertiary/aromatic N) is 3. The lowest BCUT2D eigenvalue weighted by atomic mass is 10.3. The van der Waals surface area contributed by atoms with Gasteiger partial charge in [-0.3, -0.25) is 4.79 Å². The van der Waals surface area contributed by atoms with Crippen molar-refractivity contribution in [3.8, 4) is 0 Å². The Morgan fingerprint density at radius 2 is 2.50 bits per heavy atom. The van der Waals surface area contributed by atoms with E-state index in [0.717, 1.165) is 11.6 Å². The van der Waals surface area contributed by atoms with Crippen LogP contribution in [-0.2, 0) is 18.3 Å². The third kappa shape index (κ3) is 3.85. The van der Waals surface area contributed by atoms with Crippen LogP contribution in [0.1, 0.15) is 4.88 Å². The van der Waals surface area contributed by atoms with E-state index < -0.39 is 0 Å². The molecule has 0 radical (unpaired) electrons. The zero-order chi connectivity index (χ0) is 12.8. The molecule has 1 amide bonds. The summed E-state index contributed by atoms with van der Waals surface area (Å²) in [6.07, 6.45) is 2.51. The molecule has 5 nitrogen and oxygen atoms in total. The monoisotopic (exact) mass is 282 g/mol. The van der Waals surface area contributed by atoms with Crippen LogP contribution in [0, 0.1) is 0 Å². The van der Waals surface area contributed by atoms with Gasteiger partial charge in [-0.25, -0.2) is 0 Å². The van der Waals surface area contributed by atoms with Gasteiger partial charge in [0.1, 0.15) is 6.33 Å². The largest absolute Gasteiger partial charge is 0.355 e. The minimum absolute atomic E-state index is 0.0274. The first-order chi connectivity index (χ1) is 8.75. The van der Waals surface area contributed by atoms with E-state index in [4.69, 9.17) is 0 Å². The SMILES string of the molecule is Cn1cnnc1SCC(=O)NCCc1cccs1. The average Bonchev–Trinajstić information content (AvgIpc) is 2.98. The minimum atomic E-state index is 0.0274. The van der Waals surface area contributed by atoms with E-state index >= 15 is 0 Å². The molecule has 0 aliphatic rings. The number of carbonyl (C=O) groups excluding carboxylic acids is 1. The third-order valence-electron chi connectivity index (χ3n) is 2.28. The Labute approximate surface area is 114 Å². The molecule has 0 saturated heterocycles. The van der Waals surface area contributed by atoms with E-state index in [1.165, 1.54) is 16.6 Å². The van der Waals surface area contributed by atoms with Gasteiger partial charge in [-0.05, 0) is 17.9 Å². The molecular formula is C11H14N4OS2. The second-order valence-corrected chi connectivity index (χ2v) is 5.67. The predicted octanol–water partition coefficient (Wildman–Crippen LogP) is 1.33. The number of aromatic nitrogens is 3. The van der Waals surface area contributed by atoms with Gasteiger partial charge in [0.15, 0.2) is 5.16 Å². The highest BCUT2D eigenvalue weighted by molar-refractivity contribution is 7.99. The number of aryl methyl sites for hydroxylation is 1. The summed E-state index contributed by atoms with van der Waals surface area (Å²) in [5, 5.41) is 13.4. The van der Waals surface area contributed by atoms with Gasteiger partial charge in [0.05, 0.1) is 5.75 Å². The number of thiophene rings is 1. The van der Waals surface area contributed by atoms with Crippen molar-refractivity contribution in [3.05, 3.63) is 28.7 Å². The van der Waals surface area contributed by atoms with Crippen LogP contribution in [0.25, 0.3) is 0 Å². The van der Waals surface area contributed by atoms with Crippen molar-refractivity contribution in [2.24, 2.45) is 7.05 Å². The summed E-state index contributed by atoms with van der Waals surface area (Å²) >= 11 is 3.10. The second kappa shape index (κ2) is 6.55. The standard InChI is InChI=1S/C11H14N4OS2/c1-15-8-13-14-11(15)18-7-10(16)12-5-4-9-3-2-6-17-9/h2-3,6,8H,4-5,7H2,1H3,(H,12,16). The molecule has 2 aromatic heterocycles. The summed E-state index contributed by atoms with van der Waals surface area (Å²) in [6.45, 7) is 0.679. The molecule has 0 bridgehead atoms. The average molecular weight is 282 g/mol. The smallest absolute Gasteiger partial charge is 0.230 e. The predicted molar refractivity (Wildman–Crippen MR) is 72.8 cm³/mol. The minimum Gasteiger partial charge on any atom is -0.355 e. The van der Waals surface area contributed by atoms with Crippen molar-refractivity contribution >= 4 is 29.0 Å². The number of amides is 1. The summed E-state index contributed by atoms with van der Waals surface area (Å²) in [6, 6.07) is 4.09. The van der Waals surface area contributed by atoms with E-state index in [2.05, 4.69) is 21.6 Å². The maximum absolute atomic E-state index is 11.6. The number of rotatable bonds is 6. The van der Waals surface area contributed by atoms with E-state index in [-0.39, 0.29) is 5.91 Å². The Morgan fingerprint density at radius 3 is 3.17 bits per heavy atom. The van der Waals surface area contributed by atoms with Crippen LogP contribution in [0.15, 0.2) is 29.0 Å². The Bertz CT molecular complexity index is 495. The van der Waals surface area contributed by atoms with Crippen LogP contribution in [-0.4, -0.2) is 33.0 Å². The van der Waals surface area contributed by atoms with Gasteiger partial charge in [-0.1, -0.05) is 17.8 Å². The van der Waals surface area contributed by atoms with Gasteiger partial charge in [0.2, 0.25) is 5.91 Å². The summed E-state index contributed by atoms with van der Waals surface area (Å²) in [4.78, 5) is 12.9. The van der Waals surface area contributed by atoms with Crippen LogP contribution in [0.3, 0.4) is 0 Å². The van der Waals surface area contributed by atoms with Crippen LogP contribution >= 0.6 is 23.1 Å². The van der Waals surface area contributed by atoms with Gasteiger partial charge in [0.25, 0.3) is 0 Å². The fraction of sp³-hybridized carbons (Fsp3) is 0.364. The molecule has 0 spiro atoms. The van der Waals surface area contributed by atoms with E-state index in [9.17, 15) is 4.79 Å². The van der Waals surface area contributed by atoms with Crippen molar-refractivity contribution in [2.75, 3.05) is 12.3 Å². The Balaban J connectivity index is 1.65. The van der Waals surface area contributed by atoms with Crippen molar-refractivity contribution in [1.29, 1.82) is 0 Å². The fourth-order valence-electron chi connectivity index (χ4n) is 1.36. The van der Waals surface area contributed by atoms with Gasteiger partial charge in [0, 0.05) is 18.5 Å². The molecule has 2 aromatic rings. The van der Waals surface area contributed by atoms with Crippen LogP contribution in [0.5, 0.6) is 0 Å². The summed E-state index contributed by atoms with van der Waals surface area (Å²) in [5.41, 5.74) is 0. The van der Waals surface area contributed by atoms with Gasteiger partial charge in [-0.15, -0.1) is 21.5 Å². The molecular weight excluding hydrogens is 268 g/mol. The molecule has 0 aliphatic carbocycles. The number of nitrogens with one attached hydrogen (secondary N) is 1. The van der Waals surface area contributed by atoms with Crippen molar-refractivity contribution in [1.82, 2.24) is 20.1 Å². The molecule has 0 aromatic carbocycles. The summed E-state index contributed by atoms with van der Waals surface area (Å²) < 4.78 is 1.80. The quantitative estimate of drug-likeness (QED) is 0.812. The molecule has 0 saturated carbocycles. The first-order valence-electron chi connectivity index (χ1n) is 5.51. The number of thioether (sulfide) groups is 1. The molecule has 96 valence electrons. The van der Waals surface area contributed by atoms with E-state index in [1.54, 1.807) is 22.2 Å². The summed E-state index contributed by atoms with van der Waals surface area (Å²) in [5.74, 6) is 0.399. The zero-order valence-electron chi connectivity index (χ0n) is 10.00. The normalized spacial score (nSPS) is 10.5. The lowest BCUT2D eigenvalue weighted by molar-refractivity contribution is -0.118. The van der Waals surface area contributed by atoms with Gasteiger partial charge >= 0.3 is 0 Å². The number of hydrogen-bond donors (Lipinski definition) is 1. The van der Waals surface area contributed by atoms with Gasteiger partial charge in [-0.2, -0.15) is 0 Å². The molecule has 0 fully saturated rings. The second-order valence-electron chi connectivity index (χ2n) is 3.69. The Morgan fingerprint density at radius 1 is 1.61 bits per heavy atom. The molecule has 0 aliphatic heterocycles. The highest BCUT2D eigenvalue weighted by Crippen LogP contribution is 2.12. The molecule has 0 unspecified atom stereocenters. The molecule has 1 N–H and O–H groups in total. The van der Waals surface area contributed by atoms with Crippen LogP contribution < -0.4 is 5.32 Å². The Kier molecular flexibility index (Phi) is 4.77. The molecule has 2 rings (SSSR count). The first-order valence-corrected chi connectivity index (χ1v) is 7.38. The van der Waals surface area contributed by atoms with E-state index in [1.807, 2.05) is 18.5 Å². The van der Waals surface area contributed by atoms with E-state index in [0.29, 0.717) is 12.3 Å².